The SMILES string of the molecule is CC(=O)Nc1ccc(CN2C[C@@H]3CCC[C@](O)(c4cccc(F)c4)[C@@H]3C2)cc1. The molecule has 0 bridgehead atoms. The molecule has 5 heteroatoms. The van der Waals surface area contributed by atoms with Crippen molar-refractivity contribution < 1.29 is 14.3 Å². The molecule has 0 radical (unpaired) electrons. The third kappa shape index (κ3) is 3.82. The van der Waals surface area contributed by atoms with Crippen LogP contribution in [0, 0.1) is 17.7 Å². The Labute approximate surface area is 165 Å². The van der Waals surface area contributed by atoms with Crippen LogP contribution in [0.5, 0.6) is 0 Å². The number of carbonyl (C=O) groups excluding carboxylic acids is 1. The van der Waals surface area contributed by atoms with Gasteiger partial charge in [-0.15, -0.1) is 0 Å². The molecule has 1 heterocycles. The van der Waals surface area contributed by atoms with Gasteiger partial charge in [-0.3, -0.25) is 9.69 Å². The van der Waals surface area contributed by atoms with Crippen LogP contribution in [0.2, 0.25) is 0 Å². The first-order valence-electron chi connectivity index (χ1n) is 10.0. The molecule has 0 spiro atoms. The van der Waals surface area contributed by atoms with Crippen molar-refractivity contribution in [3.05, 3.63) is 65.5 Å². The predicted octanol–water partition coefficient (Wildman–Crippen LogP) is 3.90. The number of nitrogens with one attached hydrogen (secondary N) is 1. The second-order valence-corrected chi connectivity index (χ2v) is 8.27. The van der Waals surface area contributed by atoms with Gasteiger partial charge in [0.2, 0.25) is 5.91 Å². The molecule has 2 aromatic carbocycles. The third-order valence-electron chi connectivity index (χ3n) is 6.27. The number of nitrogens with zero attached hydrogens (tertiary/aromatic N) is 1. The van der Waals surface area contributed by atoms with Crippen LogP contribution in [-0.4, -0.2) is 29.0 Å². The lowest BCUT2D eigenvalue weighted by Gasteiger charge is -2.41. The molecule has 148 valence electrons. The van der Waals surface area contributed by atoms with Crippen molar-refractivity contribution in [3.8, 4) is 0 Å². The Kier molecular flexibility index (Phi) is 5.21. The Morgan fingerprint density at radius 2 is 2.04 bits per heavy atom. The van der Waals surface area contributed by atoms with Crippen LogP contribution in [-0.2, 0) is 16.9 Å². The van der Waals surface area contributed by atoms with E-state index in [0.717, 1.165) is 38.2 Å². The number of hydrogen-bond acceptors (Lipinski definition) is 3. The summed E-state index contributed by atoms with van der Waals surface area (Å²) in [5, 5.41) is 14.3. The lowest BCUT2D eigenvalue weighted by atomic mass is 9.67. The van der Waals surface area contributed by atoms with Crippen LogP contribution in [0.4, 0.5) is 10.1 Å². The lowest BCUT2D eigenvalue weighted by Crippen LogP contribution is -2.42. The summed E-state index contributed by atoms with van der Waals surface area (Å²) in [6, 6.07) is 14.4. The smallest absolute Gasteiger partial charge is 0.221 e. The van der Waals surface area contributed by atoms with Gasteiger partial charge >= 0.3 is 0 Å². The van der Waals surface area contributed by atoms with Gasteiger partial charge in [-0.05, 0) is 60.6 Å². The highest BCUT2D eigenvalue weighted by molar-refractivity contribution is 5.88. The van der Waals surface area contributed by atoms with Crippen LogP contribution < -0.4 is 5.32 Å². The van der Waals surface area contributed by atoms with Gasteiger partial charge < -0.3 is 10.4 Å². The normalized spacial score (nSPS) is 27.4. The Morgan fingerprint density at radius 3 is 2.75 bits per heavy atom. The molecule has 1 saturated heterocycles. The number of benzene rings is 2. The summed E-state index contributed by atoms with van der Waals surface area (Å²) in [5.41, 5.74) is 1.74. The first-order chi connectivity index (χ1) is 13.4. The Morgan fingerprint density at radius 1 is 1.25 bits per heavy atom. The zero-order valence-corrected chi connectivity index (χ0v) is 16.2. The van der Waals surface area contributed by atoms with Gasteiger partial charge in [-0.1, -0.05) is 24.3 Å². The molecule has 2 aromatic rings. The van der Waals surface area contributed by atoms with Crippen LogP contribution in [0.15, 0.2) is 48.5 Å². The summed E-state index contributed by atoms with van der Waals surface area (Å²) in [6.45, 7) is 4.08. The van der Waals surface area contributed by atoms with Crippen molar-refractivity contribution in [2.75, 3.05) is 18.4 Å². The summed E-state index contributed by atoms with van der Waals surface area (Å²) in [6.07, 6.45) is 2.77. The summed E-state index contributed by atoms with van der Waals surface area (Å²) >= 11 is 0. The predicted molar refractivity (Wildman–Crippen MR) is 107 cm³/mol. The second kappa shape index (κ2) is 7.64. The molecule has 1 aliphatic heterocycles. The van der Waals surface area contributed by atoms with Crippen LogP contribution in [0.3, 0.4) is 0 Å². The van der Waals surface area contributed by atoms with Gasteiger partial charge in [0.25, 0.3) is 0 Å². The maximum absolute atomic E-state index is 13.8. The van der Waals surface area contributed by atoms with E-state index in [1.165, 1.54) is 24.6 Å². The number of fused-ring (bicyclic) bond motifs is 1. The van der Waals surface area contributed by atoms with Gasteiger partial charge in [-0.2, -0.15) is 0 Å². The first kappa shape index (κ1) is 19.1. The van der Waals surface area contributed by atoms with E-state index in [2.05, 4.69) is 10.2 Å². The van der Waals surface area contributed by atoms with Gasteiger partial charge in [0.15, 0.2) is 0 Å². The number of hydrogen-bond donors (Lipinski definition) is 2. The minimum absolute atomic E-state index is 0.0759. The fourth-order valence-electron chi connectivity index (χ4n) is 5.01. The van der Waals surface area contributed by atoms with Gasteiger partial charge in [0.1, 0.15) is 5.82 Å². The third-order valence-corrected chi connectivity index (χ3v) is 6.27. The Bertz CT molecular complexity index is 854. The van der Waals surface area contributed by atoms with E-state index in [1.54, 1.807) is 6.07 Å². The van der Waals surface area contributed by atoms with Crippen LogP contribution >= 0.6 is 0 Å². The molecular weight excluding hydrogens is 355 g/mol. The highest BCUT2D eigenvalue weighted by Gasteiger charge is 2.49. The molecule has 4 nitrogen and oxygen atoms in total. The Balaban J connectivity index is 1.48. The second-order valence-electron chi connectivity index (χ2n) is 8.27. The molecular formula is C23H27FN2O2. The zero-order chi connectivity index (χ0) is 19.7. The van der Waals surface area contributed by atoms with Crippen LogP contribution in [0.1, 0.15) is 37.3 Å². The summed E-state index contributed by atoms with van der Waals surface area (Å²) in [4.78, 5) is 13.5. The van der Waals surface area contributed by atoms with E-state index in [9.17, 15) is 14.3 Å². The monoisotopic (exact) mass is 382 g/mol. The molecule has 2 fully saturated rings. The number of amides is 1. The number of halogens is 1. The van der Waals surface area contributed by atoms with E-state index in [1.807, 2.05) is 30.3 Å². The summed E-state index contributed by atoms with van der Waals surface area (Å²) in [7, 11) is 0. The highest BCUT2D eigenvalue weighted by Crippen LogP contribution is 2.48. The molecule has 4 rings (SSSR count). The van der Waals surface area contributed by atoms with E-state index in [4.69, 9.17) is 0 Å². The molecule has 3 atom stereocenters. The summed E-state index contributed by atoms with van der Waals surface area (Å²) in [5.74, 6) is 0.192. The fraction of sp³-hybridized carbons (Fsp3) is 0.435. The zero-order valence-electron chi connectivity index (χ0n) is 16.2. The molecule has 1 aliphatic carbocycles. The van der Waals surface area contributed by atoms with Crippen molar-refractivity contribution in [1.82, 2.24) is 4.90 Å². The van der Waals surface area contributed by atoms with Crippen molar-refractivity contribution >= 4 is 11.6 Å². The molecule has 1 amide bonds. The number of aliphatic hydroxyl groups is 1. The number of anilines is 1. The average Bonchev–Trinajstić information content (AvgIpc) is 3.07. The van der Waals surface area contributed by atoms with Crippen molar-refractivity contribution in [2.24, 2.45) is 11.8 Å². The Hall–Kier alpha value is -2.24. The molecule has 28 heavy (non-hydrogen) atoms. The van der Waals surface area contributed by atoms with Crippen LogP contribution in [0.25, 0.3) is 0 Å². The van der Waals surface area contributed by atoms with Crippen molar-refractivity contribution in [1.29, 1.82) is 0 Å². The van der Waals surface area contributed by atoms with Gasteiger partial charge in [0, 0.05) is 38.2 Å². The number of carbonyl (C=O) groups is 1. The standard InChI is InChI=1S/C23H27FN2O2/c1-16(27)25-21-9-7-17(8-10-21)13-26-14-18-4-3-11-23(28,22(18)15-26)19-5-2-6-20(24)12-19/h2,5-10,12,18,22,28H,3-4,11,13-15H2,1H3,(H,25,27)/t18-,22+,23-/m0/s1. The van der Waals surface area contributed by atoms with Gasteiger partial charge in [0.05, 0.1) is 5.60 Å². The van der Waals surface area contributed by atoms with E-state index >= 15 is 0 Å². The molecule has 1 saturated carbocycles. The number of rotatable bonds is 4. The molecule has 2 N–H and O–H groups in total. The maximum Gasteiger partial charge on any atom is 0.221 e. The fourth-order valence-corrected chi connectivity index (χ4v) is 5.01. The van der Waals surface area contributed by atoms with Crippen molar-refractivity contribution in [3.63, 3.8) is 0 Å². The lowest BCUT2D eigenvalue weighted by molar-refractivity contribution is -0.114. The molecule has 0 aromatic heterocycles. The topological polar surface area (TPSA) is 52.6 Å². The average molecular weight is 382 g/mol. The minimum Gasteiger partial charge on any atom is -0.385 e. The maximum atomic E-state index is 13.8. The van der Waals surface area contributed by atoms with Crippen molar-refractivity contribution in [2.45, 2.75) is 38.3 Å². The first-order valence-corrected chi connectivity index (χ1v) is 10.0. The summed E-state index contributed by atoms with van der Waals surface area (Å²) < 4.78 is 13.8. The number of likely N-dealkylation sites (tertiary alicyclic amines) is 1. The quantitative estimate of drug-likeness (QED) is 0.843. The van der Waals surface area contributed by atoms with E-state index < -0.39 is 5.60 Å². The van der Waals surface area contributed by atoms with E-state index in [-0.39, 0.29) is 17.6 Å². The molecule has 2 aliphatic rings. The van der Waals surface area contributed by atoms with Gasteiger partial charge in [-0.25, -0.2) is 4.39 Å². The molecule has 0 unspecified atom stereocenters. The van der Waals surface area contributed by atoms with E-state index in [0.29, 0.717) is 17.9 Å². The minimum atomic E-state index is -0.949. The largest absolute Gasteiger partial charge is 0.385 e. The highest BCUT2D eigenvalue weighted by atomic mass is 19.1.